The van der Waals surface area contributed by atoms with Crippen LogP contribution in [0.3, 0.4) is 0 Å². The molecule has 4 rings (SSSR count). The molecule has 0 aromatic heterocycles. The van der Waals surface area contributed by atoms with Crippen LogP contribution in [0.1, 0.15) is 34.3 Å². The van der Waals surface area contributed by atoms with Crippen molar-refractivity contribution in [1.82, 2.24) is 4.90 Å². The van der Waals surface area contributed by atoms with Gasteiger partial charge in [0.15, 0.2) is 11.5 Å². The van der Waals surface area contributed by atoms with Gasteiger partial charge >= 0.3 is 0 Å². The number of benzene rings is 3. The number of aryl methyl sites for hydroxylation is 1. The summed E-state index contributed by atoms with van der Waals surface area (Å²) in [5.74, 6) is 2.83. The molecular weight excluding hydrogens is 468 g/mol. The highest BCUT2D eigenvalue weighted by Gasteiger charge is 2.31. The Bertz CT molecular complexity index is 1220. The van der Waals surface area contributed by atoms with Crippen molar-refractivity contribution < 1.29 is 23.7 Å². The molecule has 0 atom stereocenters. The molecule has 0 radical (unpaired) electrons. The molecule has 1 heterocycles. The van der Waals surface area contributed by atoms with Crippen LogP contribution in [0.2, 0.25) is 0 Å². The first kappa shape index (κ1) is 26.4. The van der Waals surface area contributed by atoms with Gasteiger partial charge in [-0.2, -0.15) is 0 Å². The van der Waals surface area contributed by atoms with Crippen LogP contribution in [0.25, 0.3) is 0 Å². The van der Waals surface area contributed by atoms with Crippen LogP contribution in [0.5, 0.6) is 23.0 Å². The maximum absolute atomic E-state index is 13.9. The van der Waals surface area contributed by atoms with Crippen molar-refractivity contribution in [3.05, 3.63) is 77.4 Å². The summed E-state index contributed by atoms with van der Waals surface area (Å²) in [6, 6.07) is 19.4. The average molecular weight is 505 g/mol. The molecule has 7 nitrogen and oxygen atoms in total. The topological polar surface area (TPSA) is 60.5 Å². The standard InChI is InChI=1S/C30H36N2O5/c1-21-7-6-8-22(17-21)30(33)32(25-10-12-27(35-3)29(18-25)37-5)24-13-15-31(16-14-24)20-23-9-11-26(34-2)19-28(23)36-4/h6-12,17-19,24H,13-16,20H2,1-5H3. The summed E-state index contributed by atoms with van der Waals surface area (Å²) in [7, 11) is 6.56. The second kappa shape index (κ2) is 12.0. The zero-order valence-electron chi connectivity index (χ0n) is 22.3. The molecule has 3 aromatic carbocycles. The normalized spacial score (nSPS) is 14.2. The molecule has 3 aromatic rings. The second-order valence-electron chi connectivity index (χ2n) is 9.27. The summed E-state index contributed by atoms with van der Waals surface area (Å²) in [4.78, 5) is 18.2. The number of rotatable bonds is 9. The maximum Gasteiger partial charge on any atom is 0.258 e. The van der Waals surface area contributed by atoms with E-state index in [-0.39, 0.29) is 11.9 Å². The van der Waals surface area contributed by atoms with E-state index in [0.717, 1.165) is 60.8 Å². The molecule has 1 aliphatic rings. The Kier molecular flexibility index (Phi) is 8.56. The second-order valence-corrected chi connectivity index (χ2v) is 9.27. The SMILES string of the molecule is COc1ccc(CN2CCC(N(C(=O)c3cccc(C)c3)c3ccc(OC)c(OC)c3)CC2)c(OC)c1. The van der Waals surface area contributed by atoms with Crippen LogP contribution >= 0.6 is 0 Å². The Labute approximate surface area is 219 Å². The smallest absolute Gasteiger partial charge is 0.258 e. The number of carbonyl (C=O) groups excluding carboxylic acids is 1. The number of carbonyl (C=O) groups is 1. The van der Waals surface area contributed by atoms with E-state index in [9.17, 15) is 4.79 Å². The Morgan fingerprint density at radius 3 is 2.22 bits per heavy atom. The number of likely N-dealkylation sites (tertiary alicyclic amines) is 1. The summed E-state index contributed by atoms with van der Waals surface area (Å²) >= 11 is 0. The van der Waals surface area contributed by atoms with Crippen LogP contribution in [0.4, 0.5) is 5.69 Å². The molecule has 1 saturated heterocycles. The van der Waals surface area contributed by atoms with Crippen LogP contribution in [0, 0.1) is 6.92 Å². The number of hydrogen-bond donors (Lipinski definition) is 0. The molecule has 0 unspecified atom stereocenters. The first-order valence-electron chi connectivity index (χ1n) is 12.5. The van der Waals surface area contributed by atoms with Gasteiger partial charge in [0.05, 0.1) is 28.4 Å². The molecule has 37 heavy (non-hydrogen) atoms. The van der Waals surface area contributed by atoms with Crippen LogP contribution in [-0.4, -0.2) is 58.4 Å². The Hall–Kier alpha value is -3.71. The fraction of sp³-hybridized carbons (Fsp3) is 0.367. The van der Waals surface area contributed by atoms with Gasteiger partial charge in [0.1, 0.15) is 11.5 Å². The van der Waals surface area contributed by atoms with Crippen molar-refractivity contribution in [2.24, 2.45) is 0 Å². The molecule has 0 N–H and O–H groups in total. The number of piperidine rings is 1. The molecule has 0 aliphatic carbocycles. The van der Waals surface area contributed by atoms with Crippen LogP contribution < -0.4 is 23.8 Å². The predicted octanol–water partition coefficient (Wildman–Crippen LogP) is 5.34. The summed E-state index contributed by atoms with van der Waals surface area (Å²) in [5, 5.41) is 0. The van der Waals surface area contributed by atoms with E-state index in [0.29, 0.717) is 17.1 Å². The first-order chi connectivity index (χ1) is 18.0. The summed E-state index contributed by atoms with van der Waals surface area (Å²) < 4.78 is 21.9. The lowest BCUT2D eigenvalue weighted by molar-refractivity contribution is 0.0958. The number of amides is 1. The predicted molar refractivity (Wildman–Crippen MR) is 145 cm³/mol. The van der Waals surface area contributed by atoms with Gasteiger partial charge in [-0.05, 0) is 50.1 Å². The van der Waals surface area contributed by atoms with Gasteiger partial charge in [0, 0.05) is 54.6 Å². The Morgan fingerprint density at radius 1 is 0.838 bits per heavy atom. The van der Waals surface area contributed by atoms with Crippen LogP contribution in [0.15, 0.2) is 60.7 Å². The van der Waals surface area contributed by atoms with Gasteiger partial charge in [-0.15, -0.1) is 0 Å². The molecule has 1 aliphatic heterocycles. The Balaban J connectivity index is 1.56. The van der Waals surface area contributed by atoms with Gasteiger partial charge in [0.2, 0.25) is 0 Å². The third kappa shape index (κ3) is 6.00. The van der Waals surface area contributed by atoms with Crippen molar-refractivity contribution in [3.8, 4) is 23.0 Å². The highest BCUT2D eigenvalue weighted by atomic mass is 16.5. The molecular formula is C30H36N2O5. The van der Waals surface area contributed by atoms with E-state index in [1.54, 1.807) is 28.4 Å². The van der Waals surface area contributed by atoms with Gasteiger partial charge in [0.25, 0.3) is 5.91 Å². The van der Waals surface area contributed by atoms with Gasteiger partial charge < -0.3 is 23.8 Å². The summed E-state index contributed by atoms with van der Waals surface area (Å²) in [6.07, 6.45) is 1.70. The van der Waals surface area contributed by atoms with Crippen molar-refractivity contribution >= 4 is 11.6 Å². The lowest BCUT2D eigenvalue weighted by Gasteiger charge is -2.39. The molecule has 196 valence electrons. The van der Waals surface area contributed by atoms with Gasteiger partial charge in [-0.1, -0.05) is 23.8 Å². The fourth-order valence-electron chi connectivity index (χ4n) is 4.94. The molecule has 0 spiro atoms. The lowest BCUT2D eigenvalue weighted by atomic mass is 9.99. The average Bonchev–Trinajstić information content (AvgIpc) is 2.94. The molecule has 0 bridgehead atoms. The number of methoxy groups -OCH3 is 4. The van der Waals surface area contributed by atoms with E-state index >= 15 is 0 Å². The van der Waals surface area contributed by atoms with Crippen molar-refractivity contribution in [2.75, 3.05) is 46.4 Å². The minimum absolute atomic E-state index is 0.00815. The number of ether oxygens (including phenoxy) is 4. The highest BCUT2D eigenvalue weighted by molar-refractivity contribution is 6.06. The highest BCUT2D eigenvalue weighted by Crippen LogP contribution is 2.35. The van der Waals surface area contributed by atoms with E-state index in [4.69, 9.17) is 18.9 Å². The van der Waals surface area contributed by atoms with E-state index in [2.05, 4.69) is 11.0 Å². The quantitative estimate of drug-likeness (QED) is 0.392. The zero-order valence-corrected chi connectivity index (χ0v) is 22.3. The number of hydrogen-bond acceptors (Lipinski definition) is 6. The number of nitrogens with zero attached hydrogens (tertiary/aromatic N) is 2. The maximum atomic E-state index is 13.9. The zero-order chi connectivity index (χ0) is 26.4. The molecule has 1 fully saturated rings. The first-order valence-corrected chi connectivity index (χ1v) is 12.5. The Morgan fingerprint density at radius 2 is 1.57 bits per heavy atom. The molecule has 7 heteroatoms. The third-order valence-corrected chi connectivity index (χ3v) is 6.94. The van der Waals surface area contributed by atoms with Gasteiger partial charge in [-0.25, -0.2) is 0 Å². The minimum Gasteiger partial charge on any atom is -0.497 e. The summed E-state index contributed by atoms with van der Waals surface area (Å²) in [5.41, 5.74) is 3.66. The third-order valence-electron chi connectivity index (χ3n) is 6.94. The fourth-order valence-corrected chi connectivity index (χ4v) is 4.94. The molecule has 0 saturated carbocycles. The molecule has 1 amide bonds. The van der Waals surface area contributed by atoms with Gasteiger partial charge in [-0.3, -0.25) is 9.69 Å². The monoisotopic (exact) mass is 504 g/mol. The van der Waals surface area contributed by atoms with Crippen molar-refractivity contribution in [1.29, 1.82) is 0 Å². The lowest BCUT2D eigenvalue weighted by Crippen LogP contribution is -2.47. The van der Waals surface area contributed by atoms with E-state index < -0.39 is 0 Å². The van der Waals surface area contributed by atoms with E-state index in [1.807, 2.05) is 66.4 Å². The van der Waals surface area contributed by atoms with Crippen molar-refractivity contribution in [3.63, 3.8) is 0 Å². The van der Waals surface area contributed by atoms with E-state index in [1.165, 1.54) is 0 Å². The summed E-state index contributed by atoms with van der Waals surface area (Å²) in [6.45, 7) is 4.51. The number of anilines is 1. The minimum atomic E-state index is -0.00815. The van der Waals surface area contributed by atoms with Crippen LogP contribution in [-0.2, 0) is 6.54 Å². The largest absolute Gasteiger partial charge is 0.497 e. The van der Waals surface area contributed by atoms with Crippen molar-refractivity contribution in [2.45, 2.75) is 32.4 Å².